The zero-order valence-corrected chi connectivity index (χ0v) is 16.6. The van der Waals surface area contributed by atoms with Crippen LogP contribution in [0.5, 0.6) is 0 Å². The predicted molar refractivity (Wildman–Crippen MR) is 116 cm³/mol. The largest absolute Gasteiger partial charge is 0.320 e. The van der Waals surface area contributed by atoms with Gasteiger partial charge < -0.3 is 5.32 Å². The molecular formula is C25H19N3O3. The van der Waals surface area contributed by atoms with Crippen LogP contribution in [0.15, 0.2) is 72.9 Å². The van der Waals surface area contributed by atoms with Crippen molar-refractivity contribution in [3.63, 3.8) is 0 Å². The first-order valence-electron chi connectivity index (χ1n) is 10.4. The van der Waals surface area contributed by atoms with Crippen molar-refractivity contribution in [2.45, 2.75) is 6.42 Å². The summed E-state index contributed by atoms with van der Waals surface area (Å²) in [6.07, 6.45) is 6.75. The SMILES string of the molecule is O=C(Nc1cccc2cccnc12)c1ccc(N2C(=O)[C@H]3[C@H](C2=O)[C@H]2C=C[C@H]3C2)cc1. The highest BCUT2D eigenvalue weighted by molar-refractivity contribution is 6.23. The van der Waals surface area contributed by atoms with Crippen LogP contribution >= 0.6 is 0 Å². The molecule has 3 aromatic rings. The monoisotopic (exact) mass is 409 g/mol. The lowest BCUT2D eigenvalue weighted by Crippen LogP contribution is -2.32. The van der Waals surface area contributed by atoms with Gasteiger partial charge in [-0.15, -0.1) is 0 Å². The molecule has 2 aliphatic carbocycles. The summed E-state index contributed by atoms with van der Waals surface area (Å²) < 4.78 is 0. The van der Waals surface area contributed by atoms with Gasteiger partial charge in [-0.05, 0) is 54.7 Å². The number of aromatic nitrogens is 1. The number of carbonyl (C=O) groups excluding carboxylic acids is 3. The van der Waals surface area contributed by atoms with Gasteiger partial charge >= 0.3 is 0 Å². The first-order valence-corrected chi connectivity index (χ1v) is 10.4. The summed E-state index contributed by atoms with van der Waals surface area (Å²) in [7, 11) is 0. The molecule has 4 atom stereocenters. The highest BCUT2D eigenvalue weighted by atomic mass is 16.2. The number of hydrogen-bond acceptors (Lipinski definition) is 4. The van der Waals surface area contributed by atoms with Gasteiger partial charge in [-0.1, -0.05) is 30.4 Å². The molecule has 6 nitrogen and oxygen atoms in total. The number of benzene rings is 2. The van der Waals surface area contributed by atoms with Gasteiger partial charge in [-0.25, -0.2) is 0 Å². The summed E-state index contributed by atoms with van der Waals surface area (Å²) >= 11 is 0. The Kier molecular flexibility index (Phi) is 3.84. The van der Waals surface area contributed by atoms with Crippen molar-refractivity contribution in [2.24, 2.45) is 23.7 Å². The van der Waals surface area contributed by atoms with Crippen molar-refractivity contribution in [3.8, 4) is 0 Å². The molecule has 6 rings (SSSR count). The number of hydrogen-bond donors (Lipinski definition) is 1. The number of rotatable bonds is 3. The average molecular weight is 409 g/mol. The molecule has 1 N–H and O–H groups in total. The molecule has 1 saturated carbocycles. The molecule has 1 saturated heterocycles. The van der Waals surface area contributed by atoms with Crippen molar-refractivity contribution in [3.05, 3.63) is 78.5 Å². The Morgan fingerprint density at radius 1 is 0.903 bits per heavy atom. The molecule has 6 heteroatoms. The second-order valence-corrected chi connectivity index (χ2v) is 8.39. The number of para-hydroxylation sites is 1. The molecule has 1 aromatic heterocycles. The number of nitrogens with one attached hydrogen (secondary N) is 1. The number of imide groups is 1. The maximum atomic E-state index is 13.0. The summed E-state index contributed by atoms with van der Waals surface area (Å²) in [5.41, 5.74) is 2.32. The second-order valence-electron chi connectivity index (χ2n) is 8.39. The third-order valence-corrected chi connectivity index (χ3v) is 6.74. The maximum Gasteiger partial charge on any atom is 0.255 e. The summed E-state index contributed by atoms with van der Waals surface area (Å²) in [6.45, 7) is 0. The van der Waals surface area contributed by atoms with E-state index >= 15 is 0 Å². The highest BCUT2D eigenvalue weighted by Gasteiger charge is 2.59. The van der Waals surface area contributed by atoms with E-state index in [-0.39, 0.29) is 41.4 Å². The molecule has 0 radical (unpaired) electrons. The van der Waals surface area contributed by atoms with Crippen LogP contribution in [0.25, 0.3) is 10.9 Å². The molecule has 31 heavy (non-hydrogen) atoms. The van der Waals surface area contributed by atoms with Crippen LogP contribution in [0.2, 0.25) is 0 Å². The number of fused-ring (bicyclic) bond motifs is 6. The van der Waals surface area contributed by atoms with Crippen LogP contribution in [0.4, 0.5) is 11.4 Å². The van der Waals surface area contributed by atoms with Gasteiger partial charge in [0.15, 0.2) is 0 Å². The van der Waals surface area contributed by atoms with Crippen LogP contribution in [0.3, 0.4) is 0 Å². The number of carbonyl (C=O) groups is 3. The van der Waals surface area contributed by atoms with Crippen molar-refractivity contribution in [2.75, 3.05) is 10.2 Å². The van der Waals surface area contributed by atoms with E-state index in [1.165, 1.54) is 4.90 Å². The minimum atomic E-state index is -0.275. The molecule has 3 aliphatic rings. The maximum absolute atomic E-state index is 13.0. The van der Waals surface area contributed by atoms with Crippen LogP contribution in [-0.2, 0) is 9.59 Å². The van der Waals surface area contributed by atoms with E-state index in [1.54, 1.807) is 30.5 Å². The predicted octanol–water partition coefficient (Wildman–Crippen LogP) is 3.80. The Bertz CT molecular complexity index is 1250. The van der Waals surface area contributed by atoms with E-state index in [4.69, 9.17) is 0 Å². The zero-order chi connectivity index (χ0) is 21.1. The molecule has 0 spiro atoms. The van der Waals surface area contributed by atoms with E-state index in [1.807, 2.05) is 30.3 Å². The minimum absolute atomic E-state index is 0.120. The molecule has 3 amide bonds. The van der Waals surface area contributed by atoms with E-state index in [9.17, 15) is 14.4 Å². The molecule has 1 aliphatic heterocycles. The molecule has 0 unspecified atom stereocenters. The van der Waals surface area contributed by atoms with E-state index in [0.717, 1.165) is 17.3 Å². The third kappa shape index (κ3) is 2.64. The Balaban J connectivity index is 1.24. The number of pyridine rings is 1. The highest BCUT2D eigenvalue weighted by Crippen LogP contribution is 2.53. The molecule has 2 heterocycles. The fourth-order valence-corrected chi connectivity index (χ4v) is 5.32. The molecule has 152 valence electrons. The summed E-state index contributed by atoms with van der Waals surface area (Å²) in [5, 5.41) is 3.84. The van der Waals surface area contributed by atoms with Crippen molar-refractivity contribution in [1.29, 1.82) is 0 Å². The van der Waals surface area contributed by atoms with Crippen molar-refractivity contribution >= 4 is 40.0 Å². The van der Waals surface area contributed by atoms with Crippen LogP contribution < -0.4 is 10.2 Å². The lowest BCUT2D eigenvalue weighted by Gasteiger charge is -2.17. The fourth-order valence-electron chi connectivity index (χ4n) is 5.32. The van der Waals surface area contributed by atoms with Gasteiger partial charge in [0, 0.05) is 17.1 Å². The Labute approximate surface area is 178 Å². The Hall–Kier alpha value is -3.80. The second kappa shape index (κ2) is 6.60. The van der Waals surface area contributed by atoms with Gasteiger partial charge in [-0.3, -0.25) is 24.3 Å². The molecular weight excluding hydrogens is 390 g/mol. The number of anilines is 2. The summed E-state index contributed by atoms with van der Waals surface area (Å²) in [5.74, 6) is -0.625. The number of nitrogens with zero attached hydrogens (tertiary/aromatic N) is 2. The number of amides is 3. The summed E-state index contributed by atoms with van der Waals surface area (Å²) in [6, 6.07) is 16.0. The van der Waals surface area contributed by atoms with E-state index < -0.39 is 0 Å². The fraction of sp³-hybridized carbons (Fsp3) is 0.200. The lowest BCUT2D eigenvalue weighted by atomic mass is 9.85. The standard InChI is InChI=1S/C25H19N3O3/c29-23(27-19-5-1-3-14-4-2-12-26-22(14)19)15-8-10-18(11-9-15)28-24(30)20-16-6-7-17(13-16)21(20)25(28)31/h1-12,16-17,20-21H,13H2,(H,27,29)/t16-,17-,20+,21+/m0/s1. The van der Waals surface area contributed by atoms with Crippen molar-refractivity contribution in [1.82, 2.24) is 4.98 Å². The van der Waals surface area contributed by atoms with E-state index in [0.29, 0.717) is 16.9 Å². The van der Waals surface area contributed by atoms with Gasteiger partial charge in [0.05, 0.1) is 28.7 Å². The van der Waals surface area contributed by atoms with Gasteiger partial charge in [-0.2, -0.15) is 0 Å². The zero-order valence-electron chi connectivity index (χ0n) is 16.6. The van der Waals surface area contributed by atoms with Crippen LogP contribution in [0, 0.1) is 23.7 Å². The number of allylic oxidation sites excluding steroid dienone is 2. The van der Waals surface area contributed by atoms with Gasteiger partial charge in [0.1, 0.15) is 0 Å². The van der Waals surface area contributed by atoms with Gasteiger partial charge in [0.2, 0.25) is 11.8 Å². The normalized spacial score (nSPS) is 26.0. The molecule has 2 bridgehead atoms. The van der Waals surface area contributed by atoms with Crippen LogP contribution in [-0.4, -0.2) is 22.7 Å². The van der Waals surface area contributed by atoms with Gasteiger partial charge in [0.25, 0.3) is 5.91 Å². The van der Waals surface area contributed by atoms with Crippen molar-refractivity contribution < 1.29 is 14.4 Å². The minimum Gasteiger partial charge on any atom is -0.320 e. The van der Waals surface area contributed by atoms with E-state index in [2.05, 4.69) is 22.5 Å². The Morgan fingerprint density at radius 2 is 1.58 bits per heavy atom. The summed E-state index contributed by atoms with van der Waals surface area (Å²) in [4.78, 5) is 44.4. The smallest absolute Gasteiger partial charge is 0.255 e. The first-order chi connectivity index (χ1) is 15.1. The Morgan fingerprint density at radius 3 is 2.29 bits per heavy atom. The lowest BCUT2D eigenvalue weighted by molar-refractivity contribution is -0.123. The molecule has 2 aromatic carbocycles. The quantitative estimate of drug-likeness (QED) is 0.527. The molecule has 2 fully saturated rings. The van der Waals surface area contributed by atoms with Crippen LogP contribution in [0.1, 0.15) is 16.8 Å². The topological polar surface area (TPSA) is 79.4 Å². The first kappa shape index (κ1) is 18.0. The third-order valence-electron chi connectivity index (χ3n) is 6.74. The average Bonchev–Trinajstić information content (AvgIpc) is 3.48.